The molecule has 0 amide bonds. The molecule has 1 unspecified atom stereocenters. The van der Waals surface area contributed by atoms with Crippen LogP contribution in [0.2, 0.25) is 0 Å². The number of rotatable bonds is 6. The van der Waals surface area contributed by atoms with Crippen molar-refractivity contribution < 1.29 is 0 Å². The Morgan fingerprint density at radius 2 is 2.35 bits per heavy atom. The summed E-state index contributed by atoms with van der Waals surface area (Å²) < 4.78 is 2.12. The van der Waals surface area contributed by atoms with Gasteiger partial charge < -0.3 is 4.57 Å². The van der Waals surface area contributed by atoms with E-state index in [2.05, 4.69) is 31.1 Å². The molecule has 1 aliphatic carbocycles. The van der Waals surface area contributed by atoms with Gasteiger partial charge in [-0.25, -0.2) is 0 Å². The minimum Gasteiger partial charge on any atom is -0.315 e. The molecule has 0 saturated heterocycles. The maximum Gasteiger partial charge on any atom is 0.147 e. The van der Waals surface area contributed by atoms with Crippen LogP contribution in [0.25, 0.3) is 0 Å². The summed E-state index contributed by atoms with van der Waals surface area (Å²) in [5.74, 6) is 1.05. The maximum absolute atomic E-state index is 9.35. The number of hydrogen-bond acceptors (Lipinski definition) is 5. The number of nitriles is 1. The molecule has 20 heavy (non-hydrogen) atoms. The summed E-state index contributed by atoms with van der Waals surface area (Å²) in [4.78, 5) is 2.40. The molecule has 1 saturated carbocycles. The zero-order valence-corrected chi connectivity index (χ0v) is 12.0. The van der Waals surface area contributed by atoms with E-state index in [1.54, 1.807) is 6.33 Å². The summed E-state index contributed by atoms with van der Waals surface area (Å²) in [5, 5.41) is 20.9. The van der Waals surface area contributed by atoms with E-state index in [0.717, 1.165) is 44.8 Å². The van der Waals surface area contributed by atoms with E-state index in [1.807, 2.05) is 6.92 Å². The monoisotopic (exact) mass is 274 g/mol. The first kappa shape index (κ1) is 13.5. The first-order valence-electron chi connectivity index (χ1n) is 7.46. The molecule has 2 heterocycles. The van der Waals surface area contributed by atoms with E-state index >= 15 is 0 Å². The van der Waals surface area contributed by atoms with E-state index in [1.165, 1.54) is 12.8 Å². The molecule has 0 spiro atoms. The third-order valence-electron chi connectivity index (χ3n) is 4.22. The van der Waals surface area contributed by atoms with Crippen LogP contribution >= 0.6 is 0 Å². The Balaban J connectivity index is 1.44. The summed E-state index contributed by atoms with van der Waals surface area (Å²) >= 11 is 0. The first-order chi connectivity index (χ1) is 9.68. The Hall–Kier alpha value is -1.45. The molecule has 0 radical (unpaired) electrons. The van der Waals surface area contributed by atoms with Crippen LogP contribution in [-0.2, 0) is 13.1 Å². The summed E-state index contributed by atoms with van der Waals surface area (Å²) in [5.41, 5.74) is -0.364. The molecule has 6 nitrogen and oxygen atoms in total. The largest absolute Gasteiger partial charge is 0.315 e. The van der Waals surface area contributed by atoms with Crippen LogP contribution in [-0.4, -0.2) is 44.3 Å². The number of hydrogen-bond donors (Lipinski definition) is 1. The molecule has 1 N–H and O–H groups in total. The lowest BCUT2D eigenvalue weighted by Gasteiger charge is -2.29. The van der Waals surface area contributed by atoms with Gasteiger partial charge in [0.05, 0.1) is 12.6 Å². The second-order valence-electron chi connectivity index (χ2n) is 6.18. The highest BCUT2D eigenvalue weighted by molar-refractivity contribution is 5.07. The van der Waals surface area contributed by atoms with Crippen molar-refractivity contribution in [2.24, 2.45) is 0 Å². The van der Waals surface area contributed by atoms with Crippen LogP contribution in [0.5, 0.6) is 0 Å². The van der Waals surface area contributed by atoms with Crippen LogP contribution in [0.4, 0.5) is 0 Å². The Morgan fingerprint density at radius 3 is 3.10 bits per heavy atom. The number of nitrogens with one attached hydrogen (secondary N) is 1. The fourth-order valence-electron chi connectivity index (χ4n) is 2.80. The molecule has 0 bridgehead atoms. The summed E-state index contributed by atoms with van der Waals surface area (Å²) in [6, 6.07) is 3.02. The number of nitrogens with zero attached hydrogens (tertiary/aromatic N) is 5. The van der Waals surface area contributed by atoms with Gasteiger partial charge in [0, 0.05) is 19.1 Å². The van der Waals surface area contributed by atoms with Gasteiger partial charge in [-0.2, -0.15) is 5.26 Å². The molecule has 108 valence electrons. The highest BCUT2D eigenvalue weighted by Gasteiger charge is 2.32. The Kier molecular flexibility index (Phi) is 3.72. The Morgan fingerprint density at radius 1 is 1.50 bits per heavy atom. The molecule has 0 aromatic carbocycles. The third-order valence-corrected chi connectivity index (χ3v) is 4.22. The van der Waals surface area contributed by atoms with Crippen LogP contribution in [0.1, 0.15) is 38.4 Å². The standard InChI is InChI=1S/C14H22N6/c1-14(10-15,17-12-3-4-12)5-2-6-19-7-8-20-11-16-18-13(20)9-19/h11-12,17H,2-9H2,1H3. The smallest absolute Gasteiger partial charge is 0.147 e. The van der Waals surface area contributed by atoms with Crippen molar-refractivity contribution >= 4 is 0 Å². The van der Waals surface area contributed by atoms with Crippen LogP contribution < -0.4 is 5.32 Å². The summed E-state index contributed by atoms with van der Waals surface area (Å²) in [6.45, 7) is 5.94. The average Bonchev–Trinajstić information content (AvgIpc) is 3.13. The quantitative estimate of drug-likeness (QED) is 0.835. The van der Waals surface area contributed by atoms with Crippen molar-refractivity contribution in [2.45, 2.75) is 57.3 Å². The van der Waals surface area contributed by atoms with Gasteiger partial charge in [0.15, 0.2) is 0 Å². The summed E-state index contributed by atoms with van der Waals surface area (Å²) in [6.07, 6.45) is 6.19. The first-order valence-corrected chi connectivity index (χ1v) is 7.46. The molecule has 1 fully saturated rings. The van der Waals surface area contributed by atoms with Crippen LogP contribution in [0, 0.1) is 11.3 Å². The molecule has 1 atom stereocenters. The van der Waals surface area contributed by atoms with Gasteiger partial charge in [0.2, 0.25) is 0 Å². The fourth-order valence-corrected chi connectivity index (χ4v) is 2.80. The maximum atomic E-state index is 9.35. The van der Waals surface area contributed by atoms with Crippen LogP contribution in [0.3, 0.4) is 0 Å². The van der Waals surface area contributed by atoms with Crippen molar-refractivity contribution in [1.29, 1.82) is 5.26 Å². The number of fused-ring (bicyclic) bond motifs is 1. The normalized spacial score (nSPS) is 22.0. The number of aromatic nitrogens is 3. The van der Waals surface area contributed by atoms with Crippen molar-refractivity contribution in [3.8, 4) is 6.07 Å². The van der Waals surface area contributed by atoms with E-state index in [9.17, 15) is 5.26 Å². The lowest BCUT2D eigenvalue weighted by Crippen LogP contribution is -2.43. The zero-order valence-electron chi connectivity index (χ0n) is 12.0. The molecule has 1 aromatic rings. The van der Waals surface area contributed by atoms with E-state index in [-0.39, 0.29) is 5.54 Å². The zero-order chi connectivity index (χ0) is 14.0. The SMILES string of the molecule is CC(C#N)(CCCN1CCn2cnnc2C1)NC1CC1. The molecular weight excluding hydrogens is 252 g/mol. The summed E-state index contributed by atoms with van der Waals surface area (Å²) in [7, 11) is 0. The predicted octanol–water partition coefficient (Wildman–Crippen LogP) is 0.908. The van der Waals surface area contributed by atoms with Crippen LogP contribution in [0.15, 0.2) is 6.33 Å². The molecule has 2 aliphatic rings. The third kappa shape index (κ3) is 3.17. The predicted molar refractivity (Wildman–Crippen MR) is 74.7 cm³/mol. The molecule has 6 heteroatoms. The Labute approximate surface area is 119 Å². The van der Waals surface area contributed by atoms with E-state index in [4.69, 9.17) is 0 Å². The highest BCUT2D eigenvalue weighted by atomic mass is 15.3. The van der Waals surface area contributed by atoms with Gasteiger partial charge in [-0.05, 0) is 39.2 Å². The van der Waals surface area contributed by atoms with Gasteiger partial charge in [-0.1, -0.05) is 0 Å². The fraction of sp³-hybridized carbons (Fsp3) is 0.786. The molecule has 1 aliphatic heterocycles. The van der Waals surface area contributed by atoms with Crippen molar-refractivity contribution in [1.82, 2.24) is 25.0 Å². The molecule has 3 rings (SSSR count). The Bertz CT molecular complexity index is 500. The van der Waals surface area contributed by atoms with E-state index < -0.39 is 0 Å². The minimum atomic E-state index is -0.364. The van der Waals surface area contributed by atoms with Gasteiger partial charge in [-0.3, -0.25) is 10.2 Å². The van der Waals surface area contributed by atoms with Crippen molar-refractivity contribution in [3.05, 3.63) is 12.2 Å². The van der Waals surface area contributed by atoms with Gasteiger partial charge in [0.25, 0.3) is 0 Å². The second-order valence-corrected chi connectivity index (χ2v) is 6.18. The molecule has 1 aromatic heterocycles. The minimum absolute atomic E-state index is 0.364. The molecular formula is C14H22N6. The lowest BCUT2D eigenvalue weighted by atomic mass is 9.97. The second kappa shape index (κ2) is 5.51. The van der Waals surface area contributed by atoms with Gasteiger partial charge in [0.1, 0.15) is 17.7 Å². The van der Waals surface area contributed by atoms with Gasteiger partial charge in [-0.15, -0.1) is 10.2 Å². The lowest BCUT2D eigenvalue weighted by molar-refractivity contribution is 0.207. The highest BCUT2D eigenvalue weighted by Crippen LogP contribution is 2.24. The topological polar surface area (TPSA) is 69.8 Å². The van der Waals surface area contributed by atoms with Crippen molar-refractivity contribution in [3.63, 3.8) is 0 Å². The average molecular weight is 274 g/mol. The van der Waals surface area contributed by atoms with E-state index in [0.29, 0.717) is 6.04 Å². The van der Waals surface area contributed by atoms with Crippen molar-refractivity contribution in [2.75, 3.05) is 13.1 Å². The van der Waals surface area contributed by atoms with Gasteiger partial charge >= 0.3 is 0 Å².